The zero-order valence-electron chi connectivity index (χ0n) is 7.36. The summed E-state index contributed by atoms with van der Waals surface area (Å²) in [5, 5.41) is 0. The molecule has 1 aromatic carbocycles. The van der Waals surface area contributed by atoms with Crippen molar-refractivity contribution in [2.24, 2.45) is 4.76 Å². The molecule has 2 atom stereocenters. The molecule has 1 aromatic rings. The van der Waals surface area contributed by atoms with E-state index in [0.29, 0.717) is 0 Å². The van der Waals surface area contributed by atoms with Crippen molar-refractivity contribution in [2.45, 2.75) is 6.92 Å². The molecular formula is C9H13NP2. The summed E-state index contributed by atoms with van der Waals surface area (Å²) in [6.07, 6.45) is 0. The molecule has 0 aliphatic rings. The van der Waals surface area contributed by atoms with Gasteiger partial charge in [-0.3, -0.25) is 4.76 Å². The van der Waals surface area contributed by atoms with E-state index in [-0.39, 0.29) is 7.76 Å². The van der Waals surface area contributed by atoms with Crippen molar-refractivity contribution in [1.29, 1.82) is 0 Å². The summed E-state index contributed by atoms with van der Waals surface area (Å²) in [4.78, 5) is 0. The van der Waals surface area contributed by atoms with E-state index in [0.717, 1.165) is 5.71 Å². The highest BCUT2D eigenvalue weighted by Crippen LogP contribution is 2.41. The highest BCUT2D eigenvalue weighted by molar-refractivity contribution is 8.12. The molecule has 0 spiro atoms. The van der Waals surface area contributed by atoms with Crippen LogP contribution in [0, 0.1) is 0 Å². The third-order valence-corrected chi connectivity index (χ3v) is 2.46. The van der Waals surface area contributed by atoms with Crippen LogP contribution in [-0.2, 0) is 0 Å². The lowest BCUT2D eigenvalue weighted by atomic mass is 10.1. The Kier molecular flexibility index (Phi) is 3.85. The molecule has 0 bridgehead atoms. The summed E-state index contributed by atoms with van der Waals surface area (Å²) < 4.78 is 4.49. The Morgan fingerprint density at radius 2 is 1.92 bits per heavy atom. The van der Waals surface area contributed by atoms with E-state index >= 15 is 0 Å². The van der Waals surface area contributed by atoms with Crippen LogP contribution in [0.2, 0.25) is 0 Å². The molecule has 0 radical (unpaired) electrons. The maximum Gasteiger partial charge on any atom is 0.0437 e. The molecule has 0 aromatic heterocycles. The first kappa shape index (κ1) is 9.84. The van der Waals surface area contributed by atoms with Gasteiger partial charge in [-0.25, -0.2) is 0 Å². The minimum atomic E-state index is -0.259. The molecule has 0 amide bonds. The van der Waals surface area contributed by atoms with E-state index in [1.165, 1.54) is 5.56 Å². The lowest BCUT2D eigenvalue weighted by Crippen LogP contribution is -1.91. The first-order valence-corrected chi connectivity index (χ1v) is 7.15. The van der Waals surface area contributed by atoms with Crippen LogP contribution >= 0.6 is 16.7 Å². The van der Waals surface area contributed by atoms with E-state index in [4.69, 9.17) is 0 Å². The van der Waals surface area contributed by atoms with Gasteiger partial charge in [0.05, 0.1) is 0 Å². The lowest BCUT2D eigenvalue weighted by Gasteiger charge is -2.02. The van der Waals surface area contributed by atoms with Crippen LogP contribution in [0.25, 0.3) is 0 Å². The first-order chi connectivity index (χ1) is 5.70. The van der Waals surface area contributed by atoms with E-state index in [2.05, 4.69) is 39.4 Å². The molecular weight excluding hydrogens is 184 g/mol. The van der Waals surface area contributed by atoms with Gasteiger partial charge in [0, 0.05) is 13.5 Å². The van der Waals surface area contributed by atoms with E-state index < -0.39 is 0 Å². The fourth-order valence-electron chi connectivity index (χ4n) is 0.974. The lowest BCUT2D eigenvalue weighted by molar-refractivity contribution is 1.60. The predicted molar refractivity (Wildman–Crippen MR) is 61.2 cm³/mol. The van der Waals surface area contributed by atoms with Gasteiger partial charge >= 0.3 is 0 Å². The minimum absolute atomic E-state index is 0.259. The van der Waals surface area contributed by atoms with Crippen molar-refractivity contribution < 1.29 is 0 Å². The molecule has 0 fully saturated rings. The smallest absolute Gasteiger partial charge is 0.0437 e. The predicted octanol–water partition coefficient (Wildman–Crippen LogP) is 3.31. The third-order valence-electron chi connectivity index (χ3n) is 1.50. The Hall–Kier alpha value is -0.250. The van der Waals surface area contributed by atoms with Gasteiger partial charge in [0.2, 0.25) is 0 Å². The van der Waals surface area contributed by atoms with Gasteiger partial charge in [-0.15, -0.1) is 0 Å². The normalized spacial score (nSPS) is 14.4. The van der Waals surface area contributed by atoms with E-state index in [1.807, 2.05) is 18.2 Å². The van der Waals surface area contributed by atoms with Gasteiger partial charge in [-0.05, 0) is 19.2 Å². The highest BCUT2D eigenvalue weighted by Gasteiger charge is 1.95. The molecule has 0 aliphatic carbocycles. The molecule has 1 rings (SSSR count). The average Bonchev–Trinajstić information content (AvgIpc) is 2.05. The number of hydrogen-bond acceptors (Lipinski definition) is 1. The van der Waals surface area contributed by atoms with Gasteiger partial charge in [0.25, 0.3) is 0 Å². The van der Waals surface area contributed by atoms with Crippen molar-refractivity contribution >= 4 is 22.4 Å². The first-order valence-electron chi connectivity index (χ1n) is 3.79. The van der Waals surface area contributed by atoms with Gasteiger partial charge in [-0.1, -0.05) is 39.3 Å². The van der Waals surface area contributed by atoms with Crippen molar-refractivity contribution in [1.82, 2.24) is 0 Å². The van der Waals surface area contributed by atoms with Crippen LogP contribution in [0.5, 0.6) is 0 Å². The molecule has 0 saturated carbocycles. The fourth-order valence-corrected chi connectivity index (χ4v) is 2.08. The molecule has 0 N–H and O–H groups in total. The number of nitrogens with zero attached hydrogens (tertiary/aromatic N) is 1. The minimum Gasteiger partial charge on any atom is -0.262 e. The van der Waals surface area contributed by atoms with Gasteiger partial charge < -0.3 is 0 Å². The Morgan fingerprint density at radius 1 is 1.33 bits per heavy atom. The Bertz CT molecular complexity index is 267. The van der Waals surface area contributed by atoms with Gasteiger partial charge in [0.1, 0.15) is 0 Å². The second-order valence-electron chi connectivity index (χ2n) is 2.63. The van der Waals surface area contributed by atoms with Gasteiger partial charge in [-0.2, -0.15) is 0 Å². The maximum absolute atomic E-state index is 4.49. The average molecular weight is 197 g/mol. The molecule has 3 heteroatoms. The van der Waals surface area contributed by atoms with Crippen molar-refractivity contribution in [3.63, 3.8) is 0 Å². The molecule has 0 heterocycles. The molecule has 0 saturated heterocycles. The number of hydrogen-bond donors (Lipinski definition) is 0. The third kappa shape index (κ3) is 3.01. The monoisotopic (exact) mass is 197 g/mol. The van der Waals surface area contributed by atoms with Crippen LogP contribution in [0.4, 0.5) is 0 Å². The van der Waals surface area contributed by atoms with Crippen LogP contribution in [0.3, 0.4) is 0 Å². The van der Waals surface area contributed by atoms with E-state index in [1.54, 1.807) is 0 Å². The molecule has 12 heavy (non-hydrogen) atoms. The van der Waals surface area contributed by atoms with Crippen LogP contribution < -0.4 is 0 Å². The molecule has 1 nitrogen and oxygen atoms in total. The largest absolute Gasteiger partial charge is 0.262 e. The van der Waals surface area contributed by atoms with Crippen LogP contribution in [0.1, 0.15) is 12.5 Å². The topological polar surface area (TPSA) is 12.4 Å². The highest BCUT2D eigenvalue weighted by atomic mass is 32.0. The standard InChI is InChI=1S/C9H13NP2/c1-8(10-12(2)11)9-6-4-3-5-7-9/h3-7H,11H2,1-2H3. The van der Waals surface area contributed by atoms with E-state index in [9.17, 15) is 0 Å². The zero-order valence-corrected chi connectivity index (χ0v) is 9.41. The second-order valence-corrected chi connectivity index (χ2v) is 6.21. The summed E-state index contributed by atoms with van der Waals surface area (Å²) in [5.74, 6) is 0. The Balaban J connectivity index is 2.85. The summed E-state index contributed by atoms with van der Waals surface area (Å²) in [6, 6.07) is 10.3. The summed E-state index contributed by atoms with van der Waals surface area (Å²) >= 11 is 0. The van der Waals surface area contributed by atoms with Crippen LogP contribution in [0.15, 0.2) is 35.1 Å². The van der Waals surface area contributed by atoms with Crippen molar-refractivity contribution in [3.05, 3.63) is 35.9 Å². The number of rotatable bonds is 2. The molecule has 0 aliphatic heterocycles. The molecule has 2 unspecified atom stereocenters. The van der Waals surface area contributed by atoms with Crippen molar-refractivity contribution in [3.8, 4) is 0 Å². The van der Waals surface area contributed by atoms with Crippen molar-refractivity contribution in [2.75, 3.05) is 6.66 Å². The van der Waals surface area contributed by atoms with Gasteiger partial charge in [0.15, 0.2) is 0 Å². The summed E-state index contributed by atoms with van der Waals surface area (Å²) in [5.41, 5.74) is 2.34. The zero-order chi connectivity index (χ0) is 8.97. The Morgan fingerprint density at radius 3 is 2.42 bits per heavy atom. The molecule has 64 valence electrons. The SMILES string of the molecule is CC(=NP(C)P)c1ccccc1. The summed E-state index contributed by atoms with van der Waals surface area (Å²) in [7, 11) is 2.47. The second kappa shape index (κ2) is 4.70. The Labute approximate surface area is 77.2 Å². The number of benzene rings is 1. The maximum atomic E-state index is 4.49. The summed E-state index contributed by atoms with van der Waals surface area (Å²) in [6.45, 7) is 4.17. The quantitative estimate of drug-likeness (QED) is 0.509. The fraction of sp³-hybridized carbons (Fsp3) is 0.222. The van der Waals surface area contributed by atoms with Crippen LogP contribution in [-0.4, -0.2) is 12.4 Å².